The van der Waals surface area contributed by atoms with Gasteiger partial charge in [-0.1, -0.05) is 0 Å². The number of rotatable bonds is 2. The van der Waals surface area contributed by atoms with Crippen LogP contribution in [0.5, 0.6) is 0 Å². The Bertz CT molecular complexity index is 247. The van der Waals surface area contributed by atoms with Crippen molar-refractivity contribution in [2.45, 2.75) is 12.8 Å². The van der Waals surface area contributed by atoms with E-state index in [1.54, 1.807) is 7.93 Å². The monoisotopic (exact) mass is 384 g/mol. The predicted octanol–water partition coefficient (Wildman–Crippen LogP) is -3.24. The topological polar surface area (TPSA) is 0 Å². The molecule has 0 N–H and O–H groups in total. The van der Waals surface area contributed by atoms with Crippen molar-refractivity contribution in [1.82, 2.24) is 0 Å². The van der Waals surface area contributed by atoms with Gasteiger partial charge in [0, 0.05) is 0 Å². The van der Waals surface area contributed by atoms with E-state index >= 15 is 0 Å². The molecule has 13 heavy (non-hydrogen) atoms. The molecule has 2 rings (SSSR count). The number of halogens is 2. The molecule has 70 valence electrons. The van der Waals surface area contributed by atoms with Crippen molar-refractivity contribution in [3.63, 3.8) is 0 Å². The normalized spacial score (nSPS) is 17.2. The molecule has 0 aliphatic heterocycles. The van der Waals surface area contributed by atoms with E-state index in [1.807, 2.05) is 0 Å². The summed E-state index contributed by atoms with van der Waals surface area (Å²) in [6, 6.07) is 0. The first-order chi connectivity index (χ1) is 5.45. The molecular formula is C10H10Cl2W. The number of hydrogen-bond acceptors (Lipinski definition) is 0. The van der Waals surface area contributed by atoms with Gasteiger partial charge >= 0.3 is 75.8 Å². The van der Waals surface area contributed by atoms with Crippen LogP contribution in [0.4, 0.5) is 0 Å². The Kier molecular flexibility index (Phi) is 6.76. The molecule has 0 amide bonds. The van der Waals surface area contributed by atoms with Crippen LogP contribution in [0.3, 0.4) is 0 Å². The van der Waals surface area contributed by atoms with Crippen LogP contribution in [0.25, 0.3) is 0 Å². The third kappa shape index (κ3) is 3.85. The van der Waals surface area contributed by atoms with Crippen LogP contribution in [0, 0.1) is 0 Å². The first kappa shape index (κ1) is 13.2. The summed E-state index contributed by atoms with van der Waals surface area (Å²) >= 11 is -0.282. The Balaban J connectivity index is 0.000000720. The van der Waals surface area contributed by atoms with Crippen LogP contribution < -0.4 is 24.8 Å². The summed E-state index contributed by atoms with van der Waals surface area (Å²) in [5.74, 6) is 0. The van der Waals surface area contributed by atoms with E-state index in [-0.39, 0.29) is 43.4 Å². The summed E-state index contributed by atoms with van der Waals surface area (Å²) in [6.45, 7) is 0. The van der Waals surface area contributed by atoms with Crippen LogP contribution in [0.15, 0.2) is 44.4 Å². The second kappa shape index (κ2) is 6.65. The summed E-state index contributed by atoms with van der Waals surface area (Å²) in [4.78, 5) is 0. The van der Waals surface area contributed by atoms with Crippen LogP contribution in [-0.4, -0.2) is 0 Å². The van der Waals surface area contributed by atoms with Gasteiger partial charge in [0.1, 0.15) is 0 Å². The predicted molar refractivity (Wildman–Crippen MR) is 43.7 cm³/mol. The van der Waals surface area contributed by atoms with Crippen LogP contribution in [0.2, 0.25) is 0 Å². The first-order valence-corrected chi connectivity index (χ1v) is 6.78. The minimum Gasteiger partial charge on any atom is -1.00 e. The second-order valence-electron chi connectivity index (χ2n) is 2.63. The zero-order valence-corrected chi connectivity index (χ0v) is 11.5. The van der Waals surface area contributed by atoms with Crippen molar-refractivity contribution >= 4 is 0 Å². The number of hydrogen-bond donors (Lipinski definition) is 0. The zero-order valence-electron chi connectivity index (χ0n) is 7.04. The summed E-state index contributed by atoms with van der Waals surface area (Å²) in [5.41, 5.74) is 0. The second-order valence-corrected chi connectivity index (χ2v) is 7.13. The Morgan fingerprint density at radius 2 is 1.31 bits per heavy atom. The van der Waals surface area contributed by atoms with Crippen molar-refractivity contribution in [2.24, 2.45) is 0 Å². The Morgan fingerprint density at radius 3 is 1.62 bits per heavy atom. The van der Waals surface area contributed by atoms with Gasteiger partial charge in [0.25, 0.3) is 0 Å². The third-order valence-electron chi connectivity index (χ3n) is 1.74. The van der Waals surface area contributed by atoms with E-state index in [4.69, 9.17) is 0 Å². The number of allylic oxidation sites excluding steroid dienone is 8. The molecule has 0 radical (unpaired) electrons. The van der Waals surface area contributed by atoms with E-state index in [0.717, 1.165) is 0 Å². The Morgan fingerprint density at radius 1 is 0.846 bits per heavy atom. The van der Waals surface area contributed by atoms with Crippen LogP contribution in [-0.2, 0) is 18.6 Å². The van der Waals surface area contributed by atoms with Crippen molar-refractivity contribution < 1.29 is 43.4 Å². The van der Waals surface area contributed by atoms with Crippen molar-refractivity contribution in [2.75, 3.05) is 0 Å². The van der Waals surface area contributed by atoms with Crippen LogP contribution >= 0.6 is 0 Å². The molecule has 0 bridgehead atoms. The molecule has 0 aromatic rings. The molecule has 0 saturated carbocycles. The average Bonchev–Trinajstić information content (AvgIpc) is 2.60. The van der Waals surface area contributed by atoms with Crippen LogP contribution in [0.1, 0.15) is 12.8 Å². The molecular weight excluding hydrogens is 375 g/mol. The third-order valence-corrected chi connectivity index (χ3v) is 5.80. The maximum atomic E-state index is 2.31. The smallest absolute Gasteiger partial charge is 1.00 e. The molecule has 0 aromatic carbocycles. The van der Waals surface area contributed by atoms with Gasteiger partial charge in [-0.05, 0) is 0 Å². The molecule has 0 aromatic heterocycles. The zero-order chi connectivity index (χ0) is 7.52. The van der Waals surface area contributed by atoms with Gasteiger partial charge in [-0.3, -0.25) is 0 Å². The fourth-order valence-corrected chi connectivity index (χ4v) is 4.73. The summed E-state index contributed by atoms with van der Waals surface area (Å²) in [5, 5.41) is 0. The van der Waals surface area contributed by atoms with Gasteiger partial charge < -0.3 is 24.8 Å². The van der Waals surface area contributed by atoms with Gasteiger partial charge in [-0.15, -0.1) is 0 Å². The van der Waals surface area contributed by atoms with E-state index in [1.165, 1.54) is 12.8 Å². The molecule has 0 heterocycles. The fourth-order valence-electron chi connectivity index (χ4n) is 1.17. The van der Waals surface area contributed by atoms with Gasteiger partial charge in [0.2, 0.25) is 0 Å². The summed E-state index contributed by atoms with van der Waals surface area (Å²) in [6.07, 6.45) is 16.0. The van der Waals surface area contributed by atoms with Gasteiger partial charge in [0.05, 0.1) is 0 Å². The largest absolute Gasteiger partial charge is 1.00 e. The SMILES string of the molecule is C1=CC[C]([W+2][C]2=CC=CC2)=C1.[Cl-].[Cl-]. The maximum absolute atomic E-state index is 2.31. The molecule has 3 heteroatoms. The molecule has 2 aliphatic rings. The molecule has 0 nitrogen and oxygen atoms in total. The van der Waals surface area contributed by atoms with Gasteiger partial charge in [0.15, 0.2) is 0 Å². The van der Waals surface area contributed by atoms with Crippen molar-refractivity contribution in [3.8, 4) is 0 Å². The van der Waals surface area contributed by atoms with E-state index in [9.17, 15) is 0 Å². The van der Waals surface area contributed by atoms with Crippen molar-refractivity contribution in [1.29, 1.82) is 0 Å². The summed E-state index contributed by atoms with van der Waals surface area (Å²) < 4.78 is 3.44. The minimum absolute atomic E-state index is 0. The maximum Gasteiger partial charge on any atom is -1.00 e. The standard InChI is InChI=1S/2C5H5.2ClH.W/c2*1-2-4-5-3-1;;;/h2*1-3H,4H2;2*1H;/q;;;;+2/p-2. The molecule has 0 unspecified atom stereocenters. The quantitative estimate of drug-likeness (QED) is 0.469. The molecule has 0 atom stereocenters. The van der Waals surface area contributed by atoms with E-state index in [2.05, 4.69) is 36.5 Å². The Labute approximate surface area is 100 Å². The molecule has 0 fully saturated rings. The molecule has 0 spiro atoms. The van der Waals surface area contributed by atoms with Gasteiger partial charge in [-0.2, -0.15) is 0 Å². The molecule has 0 saturated heterocycles. The summed E-state index contributed by atoms with van der Waals surface area (Å²) in [7, 11) is 0. The minimum atomic E-state index is -0.282. The average molecular weight is 385 g/mol. The van der Waals surface area contributed by atoms with E-state index < -0.39 is 0 Å². The Hall–Kier alpha value is 0.228. The fraction of sp³-hybridized carbons (Fsp3) is 0.200. The van der Waals surface area contributed by atoms with Crippen molar-refractivity contribution in [3.05, 3.63) is 44.4 Å². The molecule has 2 aliphatic carbocycles. The van der Waals surface area contributed by atoms with Gasteiger partial charge in [-0.25, -0.2) is 0 Å². The van der Waals surface area contributed by atoms with E-state index in [0.29, 0.717) is 0 Å². The first-order valence-electron chi connectivity index (χ1n) is 3.84.